The number of ether oxygens (including phenoxy) is 6. The van der Waals surface area contributed by atoms with E-state index in [0.717, 1.165) is 6.26 Å². The second-order valence-corrected chi connectivity index (χ2v) is 18.1. The Labute approximate surface area is 405 Å². The molecule has 3 aromatic rings. The summed E-state index contributed by atoms with van der Waals surface area (Å²) in [6, 6.07) is 8.90. The van der Waals surface area contributed by atoms with Crippen LogP contribution in [0.3, 0.4) is 0 Å². The number of ketones is 3. The average molecular weight is 969 g/mol. The van der Waals surface area contributed by atoms with Crippen LogP contribution in [0.1, 0.15) is 83.9 Å². The number of fused-ring (bicyclic) bond motifs is 14. The Morgan fingerprint density at radius 3 is 2.36 bits per heavy atom. The van der Waals surface area contributed by atoms with Crippen molar-refractivity contribution in [2.45, 2.75) is 85.2 Å². The van der Waals surface area contributed by atoms with Gasteiger partial charge in [0.1, 0.15) is 40.4 Å². The van der Waals surface area contributed by atoms with E-state index in [0.29, 0.717) is 22.8 Å². The van der Waals surface area contributed by atoms with Crippen molar-refractivity contribution in [3.8, 4) is 28.5 Å². The molecule has 1 saturated heterocycles. The van der Waals surface area contributed by atoms with Gasteiger partial charge < -0.3 is 63.8 Å². The van der Waals surface area contributed by atoms with Crippen LogP contribution < -0.4 is 20.1 Å². The number of rotatable bonds is 7. The fraction of sp³-hybridized carbons (Fsp3) is 0.451. The first-order chi connectivity index (χ1) is 33.3. The summed E-state index contributed by atoms with van der Waals surface area (Å²) in [4.78, 5) is 73.0. The van der Waals surface area contributed by atoms with Crippen LogP contribution in [-0.4, -0.2) is 125 Å². The first-order valence-electron chi connectivity index (χ1n) is 23.1. The van der Waals surface area contributed by atoms with E-state index < -0.39 is 100 Å². The SMILES string of the molecule is COc1ccccc1-c1cc(CNC(=O)O[C@@H]2[C@H](C)[C@H](O)[C@H](C)[C@H](O)[C@H](C)/C=C/C=C(/C)C(=O)NC3=C(N4CCOCC4)C(=O)c4c(c(O)c(C)c5c4C(=O)[C@@](C)(O/C=C/[C@H](OC)[C@H]2C)O5)C3=O)on1. The van der Waals surface area contributed by atoms with Gasteiger partial charge in [0.05, 0.1) is 68.1 Å². The largest absolute Gasteiger partial charge is 0.507 e. The first kappa shape index (κ1) is 51.1. The summed E-state index contributed by atoms with van der Waals surface area (Å²) in [6.45, 7) is 11.7. The minimum Gasteiger partial charge on any atom is -0.507 e. The Hall–Kier alpha value is -6.80. The molecule has 8 rings (SSSR count). The van der Waals surface area contributed by atoms with Crippen molar-refractivity contribution in [2.24, 2.45) is 23.7 Å². The number of methoxy groups -OCH3 is 2. The molecule has 19 heteroatoms. The number of benzene rings is 2. The van der Waals surface area contributed by atoms with E-state index in [1.54, 1.807) is 56.9 Å². The molecule has 0 radical (unpaired) electrons. The van der Waals surface area contributed by atoms with Crippen LogP contribution in [0, 0.1) is 30.6 Å². The first-order valence-corrected chi connectivity index (χ1v) is 23.1. The number of nitrogens with one attached hydrogen (secondary N) is 2. The normalized spacial score (nSPS) is 29.4. The van der Waals surface area contributed by atoms with Gasteiger partial charge in [-0.15, -0.1) is 0 Å². The number of carbonyl (C=O) groups is 5. The lowest BCUT2D eigenvalue weighted by atomic mass is 9.78. The van der Waals surface area contributed by atoms with Crippen molar-refractivity contribution in [3.05, 3.63) is 106 Å². The Bertz CT molecular complexity index is 2660. The van der Waals surface area contributed by atoms with E-state index in [-0.39, 0.29) is 66.7 Å². The number of phenolic OH excluding ortho intramolecular Hbond substituents is 1. The topological polar surface area (TPSA) is 255 Å². The maximum Gasteiger partial charge on any atom is 0.407 e. The number of hydrogen-bond acceptors (Lipinski definition) is 17. The predicted molar refractivity (Wildman–Crippen MR) is 251 cm³/mol. The number of phenols is 1. The molecular formula is C51H60N4O15. The highest BCUT2D eigenvalue weighted by Crippen LogP contribution is 2.49. The lowest BCUT2D eigenvalue weighted by Gasteiger charge is -2.38. The van der Waals surface area contributed by atoms with Gasteiger partial charge in [-0.1, -0.05) is 63.2 Å². The average Bonchev–Trinajstić information content (AvgIpc) is 3.94. The number of allylic oxidation sites excluding steroid dienone is 4. The maximum absolute atomic E-state index is 14.8. The van der Waals surface area contributed by atoms with E-state index in [2.05, 4.69) is 15.8 Å². The highest BCUT2D eigenvalue weighted by molar-refractivity contribution is 6.32. The highest BCUT2D eigenvalue weighted by atomic mass is 16.7. The summed E-state index contributed by atoms with van der Waals surface area (Å²) in [5, 5.41) is 44.5. The second kappa shape index (κ2) is 21.1. The van der Waals surface area contributed by atoms with Gasteiger partial charge in [-0.2, -0.15) is 0 Å². The van der Waals surface area contributed by atoms with Crippen LogP contribution in [-0.2, 0) is 30.3 Å². The van der Waals surface area contributed by atoms with Crippen molar-refractivity contribution >= 4 is 29.4 Å². The molecule has 19 nitrogen and oxygen atoms in total. The molecule has 0 saturated carbocycles. The third kappa shape index (κ3) is 9.83. The van der Waals surface area contributed by atoms with Crippen molar-refractivity contribution in [1.29, 1.82) is 0 Å². The molecule has 4 aliphatic heterocycles. The summed E-state index contributed by atoms with van der Waals surface area (Å²) in [5.74, 6) is -8.26. The molecule has 2 aromatic carbocycles. The summed E-state index contributed by atoms with van der Waals surface area (Å²) in [6.07, 6.45) is 2.00. The fourth-order valence-electron chi connectivity index (χ4n) is 9.28. The fourth-order valence-corrected chi connectivity index (χ4v) is 9.28. The van der Waals surface area contributed by atoms with Crippen molar-refractivity contribution < 1.29 is 72.2 Å². The van der Waals surface area contributed by atoms with Gasteiger partial charge in [0.25, 0.3) is 11.7 Å². The van der Waals surface area contributed by atoms with Crippen LogP contribution in [0.4, 0.5) is 4.79 Å². The molecule has 5 aliphatic rings. The summed E-state index contributed by atoms with van der Waals surface area (Å²) < 4.78 is 40.6. The zero-order chi connectivity index (χ0) is 50.8. The number of aliphatic hydroxyl groups excluding tert-OH is 2. The monoisotopic (exact) mass is 968 g/mol. The molecule has 5 heterocycles. The predicted octanol–water partition coefficient (Wildman–Crippen LogP) is 5.32. The number of amides is 2. The number of aromatic nitrogens is 1. The zero-order valence-corrected chi connectivity index (χ0v) is 40.6. The lowest BCUT2D eigenvalue weighted by Crippen LogP contribution is -2.47. The molecule has 70 heavy (non-hydrogen) atoms. The quantitative estimate of drug-likeness (QED) is 0.201. The number of aromatic hydroxyl groups is 1. The molecule has 2 amide bonds. The van der Waals surface area contributed by atoms with Crippen molar-refractivity contribution in [1.82, 2.24) is 20.7 Å². The number of para-hydroxylation sites is 1. The van der Waals surface area contributed by atoms with Gasteiger partial charge in [-0.3, -0.25) is 19.2 Å². The molecule has 1 aromatic heterocycles. The van der Waals surface area contributed by atoms with Crippen molar-refractivity contribution in [2.75, 3.05) is 40.5 Å². The molecule has 5 N–H and O–H groups in total. The number of morpholine rings is 1. The number of carbonyl (C=O) groups excluding carboxylic acids is 5. The van der Waals surface area contributed by atoms with Crippen LogP contribution in [0.5, 0.6) is 17.2 Å². The summed E-state index contributed by atoms with van der Waals surface area (Å²) in [7, 11) is 2.95. The number of nitrogens with zero attached hydrogens (tertiary/aromatic N) is 2. The molecular weight excluding hydrogens is 909 g/mol. The smallest absolute Gasteiger partial charge is 0.407 e. The minimum atomic E-state index is -2.13. The molecule has 1 aliphatic carbocycles. The van der Waals surface area contributed by atoms with E-state index in [4.69, 9.17) is 32.9 Å². The van der Waals surface area contributed by atoms with Gasteiger partial charge in [0.2, 0.25) is 11.6 Å². The number of aliphatic hydroxyl groups is 2. The van der Waals surface area contributed by atoms with Crippen molar-refractivity contribution in [3.63, 3.8) is 0 Å². The standard InChI is InChI=1S/C51H60N4O15/c1-25-13-12-14-26(2)49(62)53-39-40(55-18-21-66-22-19-55)45(60)36-37(44(39)59)43(58)30(6)47-38(36)48(61)51(7,69-47)67-20-17-34(64-8)27(3)46(29(5)42(57)28(4)41(25)56)68-50(63)52-24-31-23-33(54-70-31)32-15-10-11-16-35(32)65-9/h10-17,20,23,25,27-29,34,41-42,46,56-58H,18-19,21-22,24H2,1-9H3,(H,52,63)(H,53,62)/b13-12+,20-17+,26-14-/t25-,27-,28-,29-,34+,41-,42-,46+,51+/m1/s1. The molecule has 5 bridgehead atoms. The Morgan fingerprint density at radius 2 is 1.66 bits per heavy atom. The number of hydrogen-bond donors (Lipinski definition) is 5. The maximum atomic E-state index is 14.8. The van der Waals surface area contributed by atoms with E-state index in [9.17, 15) is 39.3 Å². The van der Waals surface area contributed by atoms with Gasteiger partial charge >= 0.3 is 11.9 Å². The zero-order valence-electron chi connectivity index (χ0n) is 40.6. The Balaban J connectivity index is 1.24. The third-order valence-corrected chi connectivity index (χ3v) is 13.5. The minimum absolute atomic E-state index is 0.0216. The number of Topliss-reactive ketones (excluding diaryl/α,β-unsaturated/α-hetero) is 3. The van der Waals surface area contributed by atoms with Crippen LogP contribution >= 0.6 is 0 Å². The van der Waals surface area contributed by atoms with Crippen LogP contribution in [0.2, 0.25) is 0 Å². The molecule has 0 unspecified atom stereocenters. The number of alkyl carbamates (subject to hydrolysis) is 1. The van der Waals surface area contributed by atoms with Gasteiger partial charge in [-0.05, 0) is 32.1 Å². The Morgan fingerprint density at radius 1 is 0.943 bits per heavy atom. The molecule has 9 atom stereocenters. The van der Waals surface area contributed by atoms with Gasteiger partial charge in [0.15, 0.2) is 5.76 Å². The summed E-state index contributed by atoms with van der Waals surface area (Å²) in [5.41, 5.74) is -0.456. The van der Waals surface area contributed by atoms with E-state index >= 15 is 0 Å². The van der Waals surface area contributed by atoms with E-state index in [1.165, 1.54) is 47.1 Å². The van der Waals surface area contributed by atoms with Crippen LogP contribution in [0.15, 0.2) is 82.4 Å². The highest BCUT2D eigenvalue weighted by Gasteiger charge is 2.53. The second-order valence-electron chi connectivity index (χ2n) is 18.1. The van der Waals surface area contributed by atoms with Gasteiger partial charge in [0, 0.05) is 73.6 Å². The van der Waals surface area contributed by atoms with E-state index in [1.807, 2.05) is 18.2 Å². The molecule has 0 spiro atoms. The Kier molecular flexibility index (Phi) is 15.4. The third-order valence-electron chi connectivity index (χ3n) is 13.5. The molecule has 374 valence electrons. The van der Waals surface area contributed by atoms with Crippen LogP contribution in [0.25, 0.3) is 11.3 Å². The summed E-state index contributed by atoms with van der Waals surface area (Å²) >= 11 is 0. The molecule has 1 fully saturated rings. The van der Waals surface area contributed by atoms with Gasteiger partial charge in [-0.25, -0.2) is 4.79 Å². The lowest BCUT2D eigenvalue weighted by molar-refractivity contribution is -0.116.